The second-order valence-corrected chi connectivity index (χ2v) is 7.05. The number of hydrogen-bond donors (Lipinski definition) is 2. The zero-order valence-electron chi connectivity index (χ0n) is 15.5. The number of amides is 1. The second-order valence-electron chi connectivity index (χ2n) is 7.05. The van der Waals surface area contributed by atoms with E-state index in [1.165, 1.54) is 0 Å². The number of anilines is 3. The number of nitrogens with zero attached hydrogens (tertiary/aromatic N) is 3. The monoisotopic (exact) mass is 353 g/mol. The van der Waals surface area contributed by atoms with Gasteiger partial charge in [-0.1, -0.05) is 12.1 Å². The highest BCUT2D eigenvalue weighted by Gasteiger charge is 2.20. The van der Waals surface area contributed by atoms with Gasteiger partial charge in [-0.3, -0.25) is 4.79 Å². The van der Waals surface area contributed by atoms with Crippen LogP contribution in [-0.2, 0) is 11.2 Å². The smallest absolute Gasteiger partial charge is 0.229 e. The van der Waals surface area contributed by atoms with Gasteiger partial charge in [-0.25, -0.2) is 4.98 Å². The second kappa shape index (κ2) is 8.19. The van der Waals surface area contributed by atoms with Crippen LogP contribution in [0.15, 0.2) is 42.6 Å². The molecule has 1 fully saturated rings. The number of hydrogen-bond acceptors (Lipinski definition) is 5. The summed E-state index contributed by atoms with van der Waals surface area (Å²) in [6.45, 7) is 2.07. The summed E-state index contributed by atoms with van der Waals surface area (Å²) >= 11 is 0. The molecule has 6 heteroatoms. The lowest BCUT2D eigenvalue weighted by atomic mass is 10.0. The Hall–Kier alpha value is -2.60. The van der Waals surface area contributed by atoms with Crippen LogP contribution in [-0.4, -0.2) is 49.0 Å². The van der Waals surface area contributed by atoms with Crippen molar-refractivity contribution in [2.24, 2.45) is 0 Å². The molecule has 0 bridgehead atoms. The Morgan fingerprint density at radius 3 is 2.46 bits per heavy atom. The topological polar surface area (TPSA) is 74.5 Å². The number of rotatable bonds is 5. The molecule has 0 unspecified atom stereocenters. The van der Waals surface area contributed by atoms with Gasteiger partial charge >= 0.3 is 0 Å². The predicted octanol–water partition coefficient (Wildman–Crippen LogP) is 2.38. The van der Waals surface area contributed by atoms with Crippen LogP contribution >= 0.6 is 0 Å². The van der Waals surface area contributed by atoms with Crippen molar-refractivity contribution in [2.75, 3.05) is 43.1 Å². The normalized spacial score (nSPS) is 15.3. The van der Waals surface area contributed by atoms with Crippen molar-refractivity contribution in [3.8, 4) is 0 Å². The Morgan fingerprint density at radius 1 is 1.19 bits per heavy atom. The lowest BCUT2D eigenvalue weighted by Crippen LogP contribution is -2.42. The molecule has 1 aliphatic rings. The molecule has 6 nitrogen and oxygen atoms in total. The van der Waals surface area contributed by atoms with Gasteiger partial charge < -0.3 is 20.9 Å². The summed E-state index contributed by atoms with van der Waals surface area (Å²) in [5, 5.41) is 2.85. The van der Waals surface area contributed by atoms with E-state index in [-0.39, 0.29) is 5.91 Å². The fraction of sp³-hybridized carbons (Fsp3) is 0.400. The zero-order valence-corrected chi connectivity index (χ0v) is 15.5. The average Bonchev–Trinajstić information content (AvgIpc) is 2.64. The van der Waals surface area contributed by atoms with E-state index in [1.54, 1.807) is 12.1 Å². The summed E-state index contributed by atoms with van der Waals surface area (Å²) in [4.78, 5) is 21.2. The van der Waals surface area contributed by atoms with E-state index in [4.69, 9.17) is 5.73 Å². The molecule has 1 amide bonds. The third kappa shape index (κ3) is 4.73. The molecule has 0 spiro atoms. The highest BCUT2D eigenvalue weighted by molar-refractivity contribution is 5.91. The van der Waals surface area contributed by atoms with Crippen molar-refractivity contribution in [1.82, 2.24) is 9.88 Å². The maximum Gasteiger partial charge on any atom is 0.229 e. The maximum absolute atomic E-state index is 12.2. The number of benzene rings is 1. The average molecular weight is 353 g/mol. The van der Waals surface area contributed by atoms with Crippen molar-refractivity contribution in [2.45, 2.75) is 25.3 Å². The molecule has 1 aromatic carbocycles. The van der Waals surface area contributed by atoms with E-state index in [0.29, 0.717) is 24.0 Å². The molecule has 3 rings (SSSR count). The highest BCUT2D eigenvalue weighted by Crippen LogP contribution is 2.22. The van der Waals surface area contributed by atoms with Crippen molar-refractivity contribution in [3.63, 3.8) is 0 Å². The van der Waals surface area contributed by atoms with Gasteiger partial charge in [-0.05, 0) is 56.8 Å². The highest BCUT2D eigenvalue weighted by atomic mass is 16.1. The Kier molecular flexibility index (Phi) is 5.73. The third-order valence-electron chi connectivity index (χ3n) is 4.92. The van der Waals surface area contributed by atoms with Crippen molar-refractivity contribution in [1.29, 1.82) is 0 Å². The van der Waals surface area contributed by atoms with Crippen LogP contribution in [0.2, 0.25) is 0 Å². The van der Waals surface area contributed by atoms with Crippen molar-refractivity contribution >= 4 is 23.1 Å². The van der Waals surface area contributed by atoms with Gasteiger partial charge in [0.1, 0.15) is 5.82 Å². The van der Waals surface area contributed by atoms with Gasteiger partial charge in [0.05, 0.1) is 18.3 Å². The summed E-state index contributed by atoms with van der Waals surface area (Å²) in [6, 6.07) is 11.9. The predicted molar refractivity (Wildman–Crippen MR) is 106 cm³/mol. The van der Waals surface area contributed by atoms with Crippen molar-refractivity contribution in [3.05, 3.63) is 48.2 Å². The van der Waals surface area contributed by atoms with Crippen LogP contribution in [0.1, 0.15) is 18.4 Å². The van der Waals surface area contributed by atoms with E-state index in [1.807, 2.05) is 30.5 Å². The molecule has 1 saturated heterocycles. The third-order valence-corrected chi connectivity index (χ3v) is 4.92. The lowest BCUT2D eigenvalue weighted by molar-refractivity contribution is -0.115. The number of aromatic nitrogens is 1. The molecule has 1 aliphatic heterocycles. The van der Waals surface area contributed by atoms with Gasteiger partial charge in [0.25, 0.3) is 0 Å². The molecule has 3 N–H and O–H groups in total. The quantitative estimate of drug-likeness (QED) is 0.807. The molecule has 26 heavy (non-hydrogen) atoms. The maximum atomic E-state index is 12.2. The fourth-order valence-corrected chi connectivity index (χ4v) is 3.30. The van der Waals surface area contributed by atoms with Crippen LogP contribution in [0.3, 0.4) is 0 Å². The van der Waals surface area contributed by atoms with Gasteiger partial charge in [0, 0.05) is 24.8 Å². The SMILES string of the molecule is CN(C)C1CCN(c2ccc(NC(=O)Cc3ccc(N)cc3)nc2)CC1. The molecule has 0 saturated carbocycles. The summed E-state index contributed by atoms with van der Waals surface area (Å²) in [5.74, 6) is 0.499. The first-order valence-electron chi connectivity index (χ1n) is 9.03. The number of carbonyl (C=O) groups excluding carboxylic acids is 1. The fourth-order valence-electron chi connectivity index (χ4n) is 3.30. The molecule has 0 atom stereocenters. The minimum absolute atomic E-state index is 0.0816. The summed E-state index contributed by atoms with van der Waals surface area (Å²) in [7, 11) is 4.29. The Morgan fingerprint density at radius 2 is 1.88 bits per heavy atom. The Labute approximate surface area is 155 Å². The summed E-state index contributed by atoms with van der Waals surface area (Å²) in [6.07, 6.45) is 4.47. The van der Waals surface area contributed by atoms with E-state index in [2.05, 4.69) is 34.2 Å². The molecule has 2 heterocycles. The Bertz CT molecular complexity index is 719. The number of carbonyl (C=O) groups is 1. The molecule has 138 valence electrons. The molecule has 1 aromatic heterocycles. The van der Waals surface area contributed by atoms with E-state index in [9.17, 15) is 4.79 Å². The molecular weight excluding hydrogens is 326 g/mol. The molecule has 2 aromatic rings. The standard InChI is InChI=1S/C20H27N5O/c1-24(2)17-9-11-25(12-10-17)18-7-8-19(22-14-18)23-20(26)13-15-3-5-16(21)6-4-15/h3-8,14,17H,9-13,21H2,1-2H3,(H,22,23,26). The van der Waals surface area contributed by atoms with Crippen LogP contribution in [0.5, 0.6) is 0 Å². The largest absolute Gasteiger partial charge is 0.399 e. The van der Waals surface area contributed by atoms with Crippen LogP contribution in [0, 0.1) is 0 Å². The van der Waals surface area contributed by atoms with Crippen LogP contribution in [0.25, 0.3) is 0 Å². The van der Waals surface area contributed by atoms with E-state index >= 15 is 0 Å². The first-order valence-corrected chi connectivity index (χ1v) is 9.03. The minimum atomic E-state index is -0.0816. The number of nitrogens with one attached hydrogen (secondary N) is 1. The zero-order chi connectivity index (χ0) is 18.5. The number of piperidine rings is 1. The van der Waals surface area contributed by atoms with Gasteiger partial charge in [0.15, 0.2) is 0 Å². The summed E-state index contributed by atoms with van der Waals surface area (Å²) < 4.78 is 0. The lowest BCUT2D eigenvalue weighted by Gasteiger charge is -2.36. The number of pyridine rings is 1. The first-order chi connectivity index (χ1) is 12.5. The van der Waals surface area contributed by atoms with Crippen molar-refractivity contribution < 1.29 is 4.79 Å². The van der Waals surface area contributed by atoms with E-state index in [0.717, 1.165) is 37.2 Å². The minimum Gasteiger partial charge on any atom is -0.399 e. The first kappa shape index (κ1) is 18.2. The van der Waals surface area contributed by atoms with E-state index < -0.39 is 0 Å². The number of nitrogens with two attached hydrogens (primary N) is 1. The van der Waals surface area contributed by atoms with Gasteiger partial charge in [-0.2, -0.15) is 0 Å². The summed E-state index contributed by atoms with van der Waals surface area (Å²) in [5.41, 5.74) is 8.40. The Balaban J connectivity index is 1.53. The molecule has 0 radical (unpaired) electrons. The van der Waals surface area contributed by atoms with Crippen LogP contribution in [0.4, 0.5) is 17.2 Å². The molecular formula is C20H27N5O. The van der Waals surface area contributed by atoms with Gasteiger partial charge in [-0.15, -0.1) is 0 Å². The van der Waals surface area contributed by atoms with Crippen LogP contribution < -0.4 is 16.0 Å². The number of nitrogen functional groups attached to an aromatic ring is 1. The van der Waals surface area contributed by atoms with Gasteiger partial charge in [0.2, 0.25) is 5.91 Å². The molecule has 0 aliphatic carbocycles.